The summed E-state index contributed by atoms with van der Waals surface area (Å²) in [6.45, 7) is 4.60. The molecule has 1 unspecified atom stereocenters. The number of rotatable bonds is 5. The smallest absolute Gasteiger partial charge is 0.326 e. The van der Waals surface area contributed by atoms with Gasteiger partial charge in [0.25, 0.3) is 0 Å². The Balaban J connectivity index is 1.47. The molecule has 33 heavy (non-hydrogen) atoms. The number of H-pyrrole nitrogens is 2. The maximum atomic E-state index is 11.5. The Hall–Kier alpha value is -3.24. The molecule has 170 valence electrons. The van der Waals surface area contributed by atoms with Gasteiger partial charge in [0.2, 0.25) is 5.88 Å². The van der Waals surface area contributed by atoms with Gasteiger partial charge in [-0.3, -0.25) is 14.9 Å². The number of nitrogens with one attached hydrogen (secondary N) is 2. The van der Waals surface area contributed by atoms with E-state index in [4.69, 9.17) is 9.98 Å². The third-order valence-electron chi connectivity index (χ3n) is 6.39. The van der Waals surface area contributed by atoms with Crippen LogP contribution in [0, 0.1) is 0 Å². The highest BCUT2D eigenvalue weighted by molar-refractivity contribution is 7.10. The summed E-state index contributed by atoms with van der Waals surface area (Å²) in [5, 5.41) is 17.3. The molecule has 2 fully saturated rings. The number of likely N-dealkylation sites (tertiary alicyclic amines) is 1. The van der Waals surface area contributed by atoms with E-state index in [2.05, 4.69) is 38.3 Å². The van der Waals surface area contributed by atoms with Gasteiger partial charge in [0, 0.05) is 33.1 Å². The zero-order valence-electron chi connectivity index (χ0n) is 18.3. The van der Waals surface area contributed by atoms with Crippen LogP contribution < -0.4 is 16.4 Å². The molecule has 0 radical (unpaired) electrons. The van der Waals surface area contributed by atoms with Crippen LogP contribution in [0.5, 0.6) is 5.88 Å². The first kappa shape index (κ1) is 20.4. The van der Waals surface area contributed by atoms with Crippen LogP contribution in [0.4, 0.5) is 0 Å². The molecule has 1 aliphatic carbocycles. The molecule has 4 aromatic heterocycles. The van der Waals surface area contributed by atoms with Gasteiger partial charge < -0.3 is 10.1 Å². The van der Waals surface area contributed by atoms with Crippen molar-refractivity contribution in [2.45, 2.75) is 44.7 Å². The first-order valence-electron chi connectivity index (χ1n) is 11.3. The van der Waals surface area contributed by atoms with Crippen LogP contribution in [0.3, 0.4) is 0 Å². The maximum absolute atomic E-state index is 11.5. The Morgan fingerprint density at radius 2 is 2.09 bits per heavy atom. The highest BCUT2D eigenvalue weighted by Gasteiger charge is 2.22. The van der Waals surface area contributed by atoms with E-state index in [-0.39, 0.29) is 5.88 Å². The molecule has 0 bridgehead atoms. The standard InChI is InChI=1S/C23H25N7O2S/c1-13(29-6-2-3-7-29)19-9-15(12-33-19)17-10-20(25-16-4-5-16)30-21(26-17)14(11-24-30)8-18-22(31)28-23(32)27-18/h8-13,16,31H,2-7H2,1H3,(H2,27,28,32). The summed E-state index contributed by atoms with van der Waals surface area (Å²) in [5.41, 5.74) is 3.14. The summed E-state index contributed by atoms with van der Waals surface area (Å²) in [4.78, 5) is 30.1. The van der Waals surface area contributed by atoms with Crippen molar-refractivity contribution in [1.29, 1.82) is 0 Å². The summed E-state index contributed by atoms with van der Waals surface area (Å²) in [7, 11) is 0. The van der Waals surface area contributed by atoms with E-state index < -0.39 is 5.69 Å². The monoisotopic (exact) mass is 463 g/mol. The Kier molecular flexibility index (Phi) is 4.92. The van der Waals surface area contributed by atoms with Gasteiger partial charge in [-0.25, -0.2) is 9.78 Å². The molecule has 10 heteroatoms. The SMILES string of the molecule is CC(c1cc(-c2cc(=NC3CC3)n3ncc(=Cc4[nH]c(=O)[nH]c4O)c3n2)cs1)N1CCCC1. The van der Waals surface area contributed by atoms with Crippen molar-refractivity contribution < 1.29 is 5.11 Å². The molecular formula is C23H25N7O2S. The molecule has 6 rings (SSSR count). The molecule has 1 saturated carbocycles. The van der Waals surface area contributed by atoms with Crippen LogP contribution in [0.15, 0.2) is 33.5 Å². The van der Waals surface area contributed by atoms with Gasteiger partial charge in [-0.15, -0.1) is 11.3 Å². The number of aromatic nitrogens is 5. The minimum Gasteiger partial charge on any atom is -0.493 e. The van der Waals surface area contributed by atoms with Crippen molar-refractivity contribution in [3.8, 4) is 17.1 Å². The van der Waals surface area contributed by atoms with Crippen molar-refractivity contribution >= 4 is 23.1 Å². The second-order valence-electron chi connectivity index (χ2n) is 8.84. The number of aromatic amines is 2. The van der Waals surface area contributed by atoms with E-state index in [9.17, 15) is 9.90 Å². The van der Waals surface area contributed by atoms with Gasteiger partial charge >= 0.3 is 5.69 Å². The molecule has 0 amide bonds. The lowest BCUT2D eigenvalue weighted by Crippen LogP contribution is -2.22. The van der Waals surface area contributed by atoms with Gasteiger partial charge in [0.1, 0.15) is 5.69 Å². The van der Waals surface area contributed by atoms with Crippen LogP contribution in [-0.2, 0) is 0 Å². The van der Waals surface area contributed by atoms with Crippen LogP contribution in [0.2, 0.25) is 0 Å². The predicted molar refractivity (Wildman–Crippen MR) is 126 cm³/mol. The Morgan fingerprint density at radius 1 is 1.27 bits per heavy atom. The number of nitrogens with zero attached hydrogens (tertiary/aromatic N) is 5. The van der Waals surface area contributed by atoms with Crippen molar-refractivity contribution in [2.75, 3.05) is 13.1 Å². The highest BCUT2D eigenvalue weighted by atomic mass is 32.1. The van der Waals surface area contributed by atoms with Gasteiger partial charge in [-0.1, -0.05) is 0 Å². The summed E-state index contributed by atoms with van der Waals surface area (Å²) in [5.74, 6) is -0.211. The summed E-state index contributed by atoms with van der Waals surface area (Å²) >= 11 is 1.77. The van der Waals surface area contributed by atoms with E-state index in [0.29, 0.717) is 28.6 Å². The quantitative estimate of drug-likeness (QED) is 0.419. The minimum atomic E-state index is -0.466. The fourth-order valence-corrected chi connectivity index (χ4v) is 5.35. The molecule has 0 spiro atoms. The van der Waals surface area contributed by atoms with Gasteiger partial charge in [-0.05, 0) is 57.8 Å². The number of imidazole rings is 1. The predicted octanol–water partition coefficient (Wildman–Crippen LogP) is 1.95. The average molecular weight is 464 g/mol. The number of fused-ring (bicyclic) bond motifs is 1. The number of aromatic hydroxyl groups is 1. The van der Waals surface area contributed by atoms with Crippen LogP contribution in [0.1, 0.15) is 49.2 Å². The van der Waals surface area contributed by atoms with Crippen LogP contribution in [0.25, 0.3) is 23.0 Å². The van der Waals surface area contributed by atoms with E-state index >= 15 is 0 Å². The molecule has 3 N–H and O–H groups in total. The lowest BCUT2D eigenvalue weighted by Gasteiger charge is -2.22. The molecule has 1 aliphatic heterocycles. The van der Waals surface area contributed by atoms with Crippen molar-refractivity contribution in [2.24, 2.45) is 4.99 Å². The second-order valence-corrected chi connectivity index (χ2v) is 9.78. The first-order chi connectivity index (χ1) is 16.0. The van der Waals surface area contributed by atoms with Gasteiger partial charge in [0.15, 0.2) is 11.1 Å². The van der Waals surface area contributed by atoms with E-state index in [1.807, 2.05) is 6.07 Å². The first-order valence-corrected chi connectivity index (χ1v) is 12.2. The normalized spacial score (nSPS) is 19.2. The number of thiophene rings is 1. The zero-order chi connectivity index (χ0) is 22.5. The summed E-state index contributed by atoms with van der Waals surface area (Å²) in [6.07, 6.45) is 8.07. The van der Waals surface area contributed by atoms with Crippen LogP contribution in [-0.4, -0.2) is 53.7 Å². The van der Waals surface area contributed by atoms with Crippen molar-refractivity contribution in [1.82, 2.24) is 29.5 Å². The molecule has 1 saturated heterocycles. The zero-order valence-corrected chi connectivity index (χ0v) is 19.1. The van der Waals surface area contributed by atoms with E-state index in [1.54, 1.807) is 28.1 Å². The topological polar surface area (TPSA) is 115 Å². The fraction of sp³-hybridized carbons (Fsp3) is 0.391. The molecule has 1 atom stereocenters. The lowest BCUT2D eigenvalue weighted by molar-refractivity contribution is 0.267. The number of hydrogen-bond donors (Lipinski definition) is 3. The summed E-state index contributed by atoms with van der Waals surface area (Å²) < 4.78 is 1.73. The van der Waals surface area contributed by atoms with Crippen molar-refractivity contribution in [3.05, 3.63) is 55.5 Å². The molecule has 9 nitrogen and oxygen atoms in total. The molecule has 0 aromatic carbocycles. The largest absolute Gasteiger partial charge is 0.493 e. The molecular weight excluding hydrogens is 438 g/mol. The van der Waals surface area contributed by atoms with E-state index in [0.717, 1.165) is 42.7 Å². The third kappa shape index (κ3) is 3.89. The highest BCUT2D eigenvalue weighted by Crippen LogP contribution is 2.32. The number of hydrogen-bond acceptors (Lipinski definition) is 7. The molecule has 2 aliphatic rings. The van der Waals surface area contributed by atoms with Crippen molar-refractivity contribution in [3.63, 3.8) is 0 Å². The summed E-state index contributed by atoms with van der Waals surface area (Å²) in [6, 6.07) is 4.98. The third-order valence-corrected chi connectivity index (χ3v) is 7.50. The maximum Gasteiger partial charge on any atom is 0.326 e. The van der Waals surface area contributed by atoms with Gasteiger partial charge in [-0.2, -0.15) is 9.61 Å². The van der Waals surface area contributed by atoms with E-state index in [1.165, 1.54) is 17.7 Å². The Bertz CT molecular complexity index is 1500. The lowest BCUT2D eigenvalue weighted by atomic mass is 10.1. The average Bonchev–Trinajstić information content (AvgIpc) is 3.25. The fourth-order valence-electron chi connectivity index (χ4n) is 4.36. The molecule has 5 heterocycles. The minimum absolute atomic E-state index is 0.211. The Labute approximate surface area is 193 Å². The molecule has 4 aromatic rings. The second kappa shape index (κ2) is 7.96. The Morgan fingerprint density at radius 3 is 2.82 bits per heavy atom. The van der Waals surface area contributed by atoms with Crippen LogP contribution >= 0.6 is 11.3 Å². The van der Waals surface area contributed by atoms with Gasteiger partial charge in [0.05, 0.1) is 17.9 Å².